The van der Waals surface area contributed by atoms with Crippen molar-refractivity contribution in [1.82, 2.24) is 5.32 Å². The zero-order chi connectivity index (χ0) is 22.9. The molecule has 1 aromatic heterocycles. The van der Waals surface area contributed by atoms with Gasteiger partial charge in [0.05, 0.1) is 16.4 Å². The van der Waals surface area contributed by atoms with E-state index >= 15 is 0 Å². The molecule has 0 spiro atoms. The van der Waals surface area contributed by atoms with Gasteiger partial charge in [-0.25, -0.2) is 14.2 Å². The Balaban J connectivity index is 1.47. The van der Waals surface area contributed by atoms with Gasteiger partial charge in [0, 0.05) is 23.1 Å². The third-order valence-corrected chi connectivity index (χ3v) is 7.13. The first kappa shape index (κ1) is 21.3. The summed E-state index contributed by atoms with van der Waals surface area (Å²) < 4.78 is 14.7. The summed E-state index contributed by atoms with van der Waals surface area (Å²) in [6.07, 6.45) is 3.17. The number of benzodiazepines with no additional fused rings is 1. The predicted octanol–water partition coefficient (Wildman–Crippen LogP) is 4.73. The molecule has 0 bridgehead atoms. The van der Waals surface area contributed by atoms with Gasteiger partial charge in [0.25, 0.3) is 5.91 Å². The minimum absolute atomic E-state index is 0.270. The molecule has 2 N–H and O–H groups in total. The fourth-order valence-corrected chi connectivity index (χ4v) is 5.46. The van der Waals surface area contributed by atoms with Gasteiger partial charge in [0.15, 0.2) is 0 Å². The number of hydrogen-bond acceptors (Lipinski definition) is 4. The highest BCUT2D eigenvalue weighted by atomic mass is 32.1. The van der Waals surface area contributed by atoms with Gasteiger partial charge in [-0.2, -0.15) is 0 Å². The summed E-state index contributed by atoms with van der Waals surface area (Å²) in [7, 11) is 1.63. The molecule has 1 aliphatic heterocycles. The molecule has 0 saturated heterocycles. The highest BCUT2D eigenvalue weighted by Gasteiger charge is 2.31. The maximum atomic E-state index is 14.7. The lowest BCUT2D eigenvalue weighted by Gasteiger charge is -2.20. The van der Waals surface area contributed by atoms with Crippen molar-refractivity contribution >= 4 is 39.7 Å². The number of carbonyl (C=O) groups is 2. The lowest BCUT2D eigenvalue weighted by Crippen LogP contribution is -2.47. The predicted molar refractivity (Wildman–Crippen MR) is 129 cm³/mol. The molecule has 1 atom stereocenters. The number of aliphatic imine (C=N–C) groups is 1. The van der Waals surface area contributed by atoms with Crippen LogP contribution in [0.5, 0.6) is 0 Å². The number of aryl methyl sites for hydroxylation is 2. The number of amides is 3. The van der Waals surface area contributed by atoms with Gasteiger partial charge in [0.1, 0.15) is 5.82 Å². The lowest BCUT2D eigenvalue weighted by atomic mass is 10.00. The molecule has 1 unspecified atom stereocenters. The van der Waals surface area contributed by atoms with Crippen LogP contribution in [0.2, 0.25) is 0 Å². The normalized spacial score (nSPS) is 17.5. The van der Waals surface area contributed by atoms with Crippen molar-refractivity contribution in [3.63, 3.8) is 0 Å². The highest BCUT2D eigenvalue weighted by molar-refractivity contribution is 7.16. The summed E-state index contributed by atoms with van der Waals surface area (Å²) in [5.74, 6) is -0.857. The number of halogens is 1. The van der Waals surface area contributed by atoms with Crippen LogP contribution in [0.4, 0.5) is 19.9 Å². The summed E-state index contributed by atoms with van der Waals surface area (Å²) in [5, 5.41) is 6.27. The number of thiophene rings is 1. The van der Waals surface area contributed by atoms with Gasteiger partial charge in [-0.15, -0.1) is 11.3 Å². The number of carbonyl (C=O) groups excluding carboxylic acids is 2. The van der Waals surface area contributed by atoms with Crippen LogP contribution >= 0.6 is 11.3 Å². The standard InChI is InChI=1S/C25H23FN4O2S/c1-30-19-12-6-4-10-17(19)22(16-9-3-5-11-18(16)26)28-23(24(30)31)29-25(32)27-21-14-15-8-2-7-13-20(15)33-21/h3-6,9-12,14,23H,2,7-8,13H2,1H3,(H2,27,29,32). The van der Waals surface area contributed by atoms with E-state index in [9.17, 15) is 14.0 Å². The molecule has 5 rings (SSSR count). The Morgan fingerprint density at radius 3 is 2.61 bits per heavy atom. The number of urea groups is 1. The van der Waals surface area contributed by atoms with Crippen LogP contribution in [0.3, 0.4) is 0 Å². The summed E-state index contributed by atoms with van der Waals surface area (Å²) in [6.45, 7) is 0. The first-order chi connectivity index (χ1) is 16.0. The van der Waals surface area contributed by atoms with Crippen LogP contribution in [0.25, 0.3) is 0 Å². The smallest absolute Gasteiger partial charge is 0.311 e. The Kier molecular flexibility index (Phi) is 5.68. The number of benzene rings is 2. The first-order valence-electron chi connectivity index (χ1n) is 10.9. The molecule has 1 aliphatic carbocycles. The second-order valence-corrected chi connectivity index (χ2v) is 9.28. The maximum absolute atomic E-state index is 14.7. The monoisotopic (exact) mass is 462 g/mol. The molecular weight excluding hydrogens is 439 g/mol. The van der Waals surface area contributed by atoms with Crippen LogP contribution in [0.15, 0.2) is 59.6 Å². The summed E-state index contributed by atoms with van der Waals surface area (Å²) >= 11 is 1.57. The third kappa shape index (κ3) is 4.14. The molecular formula is C25H23FN4O2S. The van der Waals surface area contributed by atoms with Crippen molar-refractivity contribution in [3.05, 3.63) is 82.0 Å². The molecule has 2 aromatic carbocycles. The topological polar surface area (TPSA) is 73.8 Å². The van der Waals surface area contributed by atoms with E-state index in [1.807, 2.05) is 12.1 Å². The molecule has 3 amide bonds. The number of hydrogen-bond donors (Lipinski definition) is 2. The molecule has 0 radical (unpaired) electrons. The van der Waals surface area contributed by atoms with Gasteiger partial charge >= 0.3 is 6.03 Å². The van der Waals surface area contributed by atoms with Crippen LogP contribution < -0.4 is 15.5 Å². The van der Waals surface area contributed by atoms with Crippen LogP contribution in [0, 0.1) is 5.82 Å². The Morgan fingerprint density at radius 2 is 1.82 bits per heavy atom. The summed E-state index contributed by atoms with van der Waals surface area (Å²) in [5.41, 5.74) is 3.08. The third-order valence-electron chi connectivity index (χ3n) is 5.97. The molecule has 0 fully saturated rings. The SMILES string of the molecule is CN1C(=O)C(NC(=O)Nc2cc3c(s2)CCCC3)N=C(c2ccccc2F)c2ccccc21. The van der Waals surface area contributed by atoms with E-state index in [-0.39, 0.29) is 5.56 Å². The van der Waals surface area contributed by atoms with Crippen LogP contribution in [-0.4, -0.2) is 30.9 Å². The Bertz CT molecular complexity index is 1250. The fraction of sp³-hybridized carbons (Fsp3) is 0.240. The lowest BCUT2D eigenvalue weighted by molar-refractivity contribution is -0.119. The van der Waals surface area contributed by atoms with E-state index in [2.05, 4.69) is 15.6 Å². The van der Waals surface area contributed by atoms with Crippen molar-refractivity contribution in [1.29, 1.82) is 0 Å². The molecule has 6 nitrogen and oxygen atoms in total. The van der Waals surface area contributed by atoms with Gasteiger partial charge in [-0.05, 0) is 55.5 Å². The number of para-hydroxylation sites is 1. The summed E-state index contributed by atoms with van der Waals surface area (Å²) in [6, 6.07) is 15.0. The van der Waals surface area contributed by atoms with E-state index in [1.165, 1.54) is 21.4 Å². The van der Waals surface area contributed by atoms with Crippen molar-refractivity contribution < 1.29 is 14.0 Å². The Hall–Kier alpha value is -3.52. The number of fused-ring (bicyclic) bond motifs is 2. The Labute approximate surface area is 195 Å². The van der Waals surface area contributed by atoms with Crippen molar-refractivity contribution in [2.75, 3.05) is 17.3 Å². The highest BCUT2D eigenvalue weighted by Crippen LogP contribution is 2.33. The maximum Gasteiger partial charge on any atom is 0.321 e. The average molecular weight is 463 g/mol. The van der Waals surface area contributed by atoms with E-state index in [4.69, 9.17) is 0 Å². The molecule has 0 saturated carbocycles. The van der Waals surface area contributed by atoms with Crippen molar-refractivity contribution in [2.45, 2.75) is 31.8 Å². The van der Waals surface area contributed by atoms with Crippen LogP contribution in [-0.2, 0) is 17.6 Å². The molecule has 3 aromatic rings. The average Bonchev–Trinajstić information content (AvgIpc) is 3.19. The summed E-state index contributed by atoms with van der Waals surface area (Å²) in [4.78, 5) is 33.3. The van der Waals surface area contributed by atoms with E-state index in [0.29, 0.717) is 17.0 Å². The quantitative estimate of drug-likeness (QED) is 0.591. The molecule has 33 heavy (non-hydrogen) atoms. The number of nitrogens with zero attached hydrogens (tertiary/aromatic N) is 2. The first-order valence-corrected chi connectivity index (χ1v) is 11.7. The van der Waals surface area contributed by atoms with Gasteiger partial charge in [-0.1, -0.05) is 30.3 Å². The number of likely N-dealkylation sites (N-methyl/N-ethyl adjacent to an activating group) is 1. The number of rotatable bonds is 3. The molecule has 8 heteroatoms. The van der Waals surface area contributed by atoms with Gasteiger partial charge in [-0.3, -0.25) is 10.1 Å². The number of nitrogens with one attached hydrogen (secondary N) is 2. The largest absolute Gasteiger partial charge is 0.321 e. The van der Waals surface area contributed by atoms with Gasteiger partial charge < -0.3 is 10.2 Å². The fourth-order valence-electron chi connectivity index (χ4n) is 4.31. The van der Waals surface area contributed by atoms with Crippen molar-refractivity contribution in [2.24, 2.45) is 4.99 Å². The van der Waals surface area contributed by atoms with E-state index in [0.717, 1.165) is 30.7 Å². The van der Waals surface area contributed by atoms with E-state index < -0.39 is 23.9 Å². The minimum Gasteiger partial charge on any atom is -0.311 e. The second-order valence-electron chi connectivity index (χ2n) is 8.14. The molecule has 2 aliphatic rings. The minimum atomic E-state index is -1.20. The number of anilines is 2. The second kappa shape index (κ2) is 8.78. The van der Waals surface area contributed by atoms with Crippen molar-refractivity contribution in [3.8, 4) is 0 Å². The zero-order valence-electron chi connectivity index (χ0n) is 18.1. The van der Waals surface area contributed by atoms with Crippen LogP contribution in [0.1, 0.15) is 34.4 Å². The molecule has 2 heterocycles. The van der Waals surface area contributed by atoms with Gasteiger partial charge in [0.2, 0.25) is 6.17 Å². The van der Waals surface area contributed by atoms with E-state index in [1.54, 1.807) is 54.8 Å². The molecule has 168 valence electrons. The zero-order valence-corrected chi connectivity index (χ0v) is 18.9. The Morgan fingerprint density at radius 1 is 1.09 bits per heavy atom.